The van der Waals surface area contributed by atoms with E-state index in [1.54, 1.807) is 7.11 Å². The molecule has 1 heterocycles. The van der Waals surface area contributed by atoms with Gasteiger partial charge in [-0.2, -0.15) is 5.10 Å². The van der Waals surface area contributed by atoms with E-state index in [-0.39, 0.29) is 0 Å². The normalized spacial score (nSPS) is 10.9. The Balaban J connectivity index is 2.01. The van der Waals surface area contributed by atoms with Crippen molar-refractivity contribution in [1.29, 1.82) is 0 Å². The second kappa shape index (κ2) is 6.38. The number of rotatable bonds is 6. The van der Waals surface area contributed by atoms with Gasteiger partial charge in [-0.05, 0) is 25.0 Å². The number of methoxy groups -OCH3 is 1. The Hall–Kier alpha value is -1.81. The summed E-state index contributed by atoms with van der Waals surface area (Å²) in [7, 11) is 1.72. The fraction of sp³-hybridized carbons (Fsp3) is 0.400. The van der Waals surface area contributed by atoms with Gasteiger partial charge in [0.25, 0.3) is 0 Å². The molecule has 0 aliphatic rings. The summed E-state index contributed by atoms with van der Waals surface area (Å²) in [5.41, 5.74) is 3.51. The van der Waals surface area contributed by atoms with Gasteiger partial charge >= 0.3 is 0 Å². The van der Waals surface area contributed by atoms with Crippen LogP contribution in [-0.2, 0) is 17.9 Å². The van der Waals surface area contributed by atoms with Crippen LogP contribution in [0.4, 0.5) is 5.69 Å². The molecule has 1 aromatic heterocycles. The van der Waals surface area contributed by atoms with Crippen molar-refractivity contribution in [2.24, 2.45) is 0 Å². The smallest absolute Gasteiger partial charge is 0.0729 e. The van der Waals surface area contributed by atoms with Crippen LogP contribution in [0.2, 0.25) is 0 Å². The first kappa shape index (κ1) is 13.6. The van der Waals surface area contributed by atoms with Gasteiger partial charge in [-0.25, -0.2) is 0 Å². The fourth-order valence-corrected chi connectivity index (χ4v) is 1.94. The molecule has 0 saturated heterocycles. The lowest BCUT2D eigenvalue weighted by molar-refractivity contribution is 0.184. The van der Waals surface area contributed by atoms with Crippen molar-refractivity contribution >= 4 is 5.69 Å². The number of hydrogen-bond donors (Lipinski definition) is 1. The lowest BCUT2D eigenvalue weighted by Gasteiger charge is -2.09. The van der Waals surface area contributed by atoms with Crippen LogP contribution in [0.1, 0.15) is 31.0 Å². The highest BCUT2D eigenvalue weighted by atomic mass is 16.5. The number of ether oxygens (including phenoxy) is 1. The third-order valence-corrected chi connectivity index (χ3v) is 3.03. The lowest BCUT2D eigenvalue weighted by Crippen LogP contribution is -2.03. The van der Waals surface area contributed by atoms with Crippen molar-refractivity contribution in [2.45, 2.75) is 33.0 Å². The quantitative estimate of drug-likeness (QED) is 0.865. The first-order valence-electron chi connectivity index (χ1n) is 6.54. The zero-order valence-corrected chi connectivity index (χ0v) is 11.8. The molecule has 4 heteroatoms. The van der Waals surface area contributed by atoms with Gasteiger partial charge in [0.2, 0.25) is 0 Å². The van der Waals surface area contributed by atoms with Crippen molar-refractivity contribution in [1.82, 2.24) is 9.78 Å². The van der Waals surface area contributed by atoms with Crippen LogP contribution >= 0.6 is 0 Å². The molecule has 2 rings (SSSR count). The van der Waals surface area contributed by atoms with E-state index in [2.05, 4.69) is 36.4 Å². The molecular weight excluding hydrogens is 238 g/mol. The van der Waals surface area contributed by atoms with E-state index in [9.17, 15) is 0 Å². The third-order valence-electron chi connectivity index (χ3n) is 3.03. The Bertz CT molecular complexity index is 520. The molecule has 0 aliphatic carbocycles. The third kappa shape index (κ3) is 3.58. The van der Waals surface area contributed by atoms with Gasteiger partial charge in [0.15, 0.2) is 0 Å². The summed E-state index contributed by atoms with van der Waals surface area (Å²) in [6.45, 7) is 5.65. The molecule has 0 fully saturated rings. The van der Waals surface area contributed by atoms with Crippen LogP contribution in [-0.4, -0.2) is 16.9 Å². The molecule has 0 atom stereocenters. The maximum atomic E-state index is 5.21. The fourth-order valence-electron chi connectivity index (χ4n) is 1.94. The van der Waals surface area contributed by atoms with Crippen LogP contribution in [0.15, 0.2) is 36.7 Å². The minimum Gasteiger partial charge on any atom is -0.380 e. The van der Waals surface area contributed by atoms with Gasteiger partial charge in [0.05, 0.1) is 18.5 Å². The van der Waals surface area contributed by atoms with Crippen LogP contribution in [0, 0.1) is 0 Å². The molecule has 102 valence electrons. The molecule has 1 N–H and O–H groups in total. The van der Waals surface area contributed by atoms with Gasteiger partial charge < -0.3 is 10.1 Å². The maximum absolute atomic E-state index is 5.21. The minimum absolute atomic E-state index is 0.385. The second-order valence-electron chi connectivity index (χ2n) is 4.86. The van der Waals surface area contributed by atoms with Crippen LogP contribution in [0.25, 0.3) is 0 Å². The molecule has 4 nitrogen and oxygen atoms in total. The monoisotopic (exact) mass is 259 g/mol. The van der Waals surface area contributed by atoms with E-state index < -0.39 is 0 Å². The largest absolute Gasteiger partial charge is 0.380 e. The first-order chi connectivity index (χ1) is 9.20. The first-order valence-corrected chi connectivity index (χ1v) is 6.54. The van der Waals surface area contributed by atoms with Gasteiger partial charge in [-0.1, -0.05) is 24.3 Å². The highest BCUT2D eigenvalue weighted by molar-refractivity contribution is 5.40. The Morgan fingerprint density at radius 3 is 2.63 bits per heavy atom. The number of hydrogen-bond acceptors (Lipinski definition) is 3. The Labute approximate surface area is 114 Å². The molecule has 0 aliphatic heterocycles. The van der Waals surface area contributed by atoms with Crippen LogP contribution < -0.4 is 5.32 Å². The Morgan fingerprint density at radius 1 is 1.26 bits per heavy atom. The zero-order valence-electron chi connectivity index (χ0n) is 11.8. The molecule has 0 amide bonds. The van der Waals surface area contributed by atoms with Gasteiger partial charge in [-0.15, -0.1) is 0 Å². The highest BCUT2D eigenvalue weighted by Gasteiger charge is 2.04. The molecule has 0 saturated carbocycles. The van der Waals surface area contributed by atoms with E-state index in [1.807, 2.05) is 29.2 Å². The van der Waals surface area contributed by atoms with E-state index >= 15 is 0 Å². The molecule has 2 aromatic rings. The summed E-state index contributed by atoms with van der Waals surface area (Å²) in [5.74, 6) is 0. The highest BCUT2D eigenvalue weighted by Crippen LogP contribution is 2.14. The average molecular weight is 259 g/mol. The van der Waals surface area contributed by atoms with Gasteiger partial charge in [0, 0.05) is 25.9 Å². The Kier molecular flexibility index (Phi) is 4.58. The van der Waals surface area contributed by atoms with Crippen molar-refractivity contribution in [3.63, 3.8) is 0 Å². The predicted octanol–water partition coefficient (Wildman–Crippen LogP) is 3.22. The van der Waals surface area contributed by atoms with Crippen LogP contribution in [0.5, 0.6) is 0 Å². The number of anilines is 1. The summed E-state index contributed by atoms with van der Waals surface area (Å²) >= 11 is 0. The molecule has 19 heavy (non-hydrogen) atoms. The summed E-state index contributed by atoms with van der Waals surface area (Å²) in [5, 5.41) is 7.71. The number of nitrogens with zero attached hydrogens (tertiary/aromatic N) is 2. The van der Waals surface area contributed by atoms with E-state index in [0.29, 0.717) is 12.6 Å². The number of nitrogens with one attached hydrogen (secondary N) is 1. The molecule has 0 unspecified atom stereocenters. The molecule has 0 spiro atoms. The Morgan fingerprint density at radius 2 is 2.00 bits per heavy atom. The van der Waals surface area contributed by atoms with E-state index in [0.717, 1.165) is 12.2 Å². The summed E-state index contributed by atoms with van der Waals surface area (Å²) in [6, 6.07) is 8.69. The van der Waals surface area contributed by atoms with Crippen LogP contribution in [0.3, 0.4) is 0 Å². The van der Waals surface area contributed by atoms with E-state index in [1.165, 1.54) is 11.1 Å². The molecule has 0 bridgehead atoms. The standard InChI is InChI=1S/C15H21N3O/c1-12(2)18-10-15(9-17-18)16-8-13-6-4-5-7-14(13)11-19-3/h4-7,9-10,12,16H,8,11H2,1-3H3. The van der Waals surface area contributed by atoms with Crippen molar-refractivity contribution in [3.8, 4) is 0 Å². The van der Waals surface area contributed by atoms with Gasteiger partial charge in [-0.3, -0.25) is 4.68 Å². The van der Waals surface area contributed by atoms with Gasteiger partial charge in [0.1, 0.15) is 0 Å². The molecule has 0 radical (unpaired) electrons. The molecule has 1 aromatic carbocycles. The maximum Gasteiger partial charge on any atom is 0.0729 e. The van der Waals surface area contributed by atoms with E-state index in [4.69, 9.17) is 4.74 Å². The average Bonchev–Trinajstić information content (AvgIpc) is 2.87. The minimum atomic E-state index is 0.385. The van der Waals surface area contributed by atoms with Crippen molar-refractivity contribution in [3.05, 3.63) is 47.8 Å². The summed E-state index contributed by atoms with van der Waals surface area (Å²) < 4.78 is 7.16. The topological polar surface area (TPSA) is 39.1 Å². The SMILES string of the molecule is COCc1ccccc1CNc1cnn(C(C)C)c1. The predicted molar refractivity (Wildman–Crippen MR) is 77.1 cm³/mol. The lowest BCUT2D eigenvalue weighted by atomic mass is 10.1. The number of benzene rings is 1. The second-order valence-corrected chi connectivity index (χ2v) is 4.86. The summed E-state index contributed by atoms with van der Waals surface area (Å²) in [6.07, 6.45) is 3.89. The zero-order chi connectivity index (χ0) is 13.7. The molecular formula is C15H21N3O. The number of aromatic nitrogens is 2. The van der Waals surface area contributed by atoms with Crippen molar-refractivity contribution in [2.75, 3.05) is 12.4 Å². The summed E-state index contributed by atoms with van der Waals surface area (Å²) in [4.78, 5) is 0. The van der Waals surface area contributed by atoms with Crippen molar-refractivity contribution < 1.29 is 4.74 Å².